The number of hydrogen-bond donors (Lipinski definition) is 0. The molecular weight excluding hydrogens is 418 g/mol. The first kappa shape index (κ1) is 20.1. The molecule has 9 heteroatoms. The van der Waals surface area contributed by atoms with Crippen LogP contribution in [0.2, 0.25) is 0 Å². The fourth-order valence-electron chi connectivity index (χ4n) is 5.08. The van der Waals surface area contributed by atoms with Gasteiger partial charge in [-0.3, -0.25) is 9.58 Å². The van der Waals surface area contributed by atoms with Crippen molar-refractivity contribution in [3.8, 4) is 0 Å². The summed E-state index contributed by atoms with van der Waals surface area (Å²) < 4.78 is 31.5. The molecule has 0 aliphatic carbocycles. The Morgan fingerprint density at radius 1 is 1.13 bits per heavy atom. The number of piperidine rings is 2. The van der Waals surface area contributed by atoms with E-state index >= 15 is 0 Å². The lowest BCUT2D eigenvalue weighted by atomic mass is 9.74. The summed E-state index contributed by atoms with van der Waals surface area (Å²) in [5, 5.41) is 4.28. The van der Waals surface area contributed by atoms with Crippen molar-refractivity contribution >= 4 is 31.6 Å². The lowest BCUT2D eigenvalue weighted by molar-refractivity contribution is 0.0351. The summed E-state index contributed by atoms with van der Waals surface area (Å²) in [6, 6.07) is 7.36. The predicted octanol–water partition coefficient (Wildman–Crippen LogP) is 3.10. The Hall–Kier alpha value is -1.81. The third-order valence-corrected chi connectivity index (χ3v) is 9.25. The highest BCUT2D eigenvalue weighted by atomic mass is 32.2. The third kappa shape index (κ3) is 3.68. The molecule has 1 atom stereocenters. The molecule has 2 fully saturated rings. The molecule has 2 aromatic heterocycles. The molecule has 1 unspecified atom stereocenters. The smallest absolute Gasteiger partial charge is 0.243 e. The minimum atomic E-state index is -3.50. The van der Waals surface area contributed by atoms with Gasteiger partial charge in [-0.1, -0.05) is 0 Å². The van der Waals surface area contributed by atoms with Gasteiger partial charge in [0.1, 0.15) is 0 Å². The normalized spacial score (nSPS) is 24.0. The van der Waals surface area contributed by atoms with Crippen molar-refractivity contribution in [2.45, 2.75) is 37.1 Å². The monoisotopic (exact) mass is 445 g/mol. The molecule has 0 saturated carbocycles. The van der Waals surface area contributed by atoms with Crippen LogP contribution in [0.5, 0.6) is 0 Å². The van der Waals surface area contributed by atoms with Crippen LogP contribution < -0.4 is 0 Å². The molecule has 0 amide bonds. The molecule has 1 aromatic carbocycles. The van der Waals surface area contributed by atoms with Crippen LogP contribution in [-0.4, -0.2) is 58.6 Å². The van der Waals surface area contributed by atoms with Gasteiger partial charge in [0.2, 0.25) is 10.0 Å². The van der Waals surface area contributed by atoms with Gasteiger partial charge in [-0.05, 0) is 61.9 Å². The first-order chi connectivity index (χ1) is 14.5. The van der Waals surface area contributed by atoms with E-state index < -0.39 is 10.0 Å². The maximum Gasteiger partial charge on any atom is 0.243 e. The number of hydrogen-bond acceptors (Lipinski definition) is 6. The highest BCUT2D eigenvalue weighted by molar-refractivity contribution is 7.89. The number of nitrogens with zero attached hydrogens (tertiary/aromatic N) is 5. The van der Waals surface area contributed by atoms with E-state index in [1.54, 1.807) is 21.9 Å². The number of aromatic nitrogens is 3. The van der Waals surface area contributed by atoms with Crippen LogP contribution in [0.1, 0.15) is 31.4 Å². The Morgan fingerprint density at radius 3 is 2.77 bits per heavy atom. The molecular formula is C21H27N5O2S2. The van der Waals surface area contributed by atoms with Crippen molar-refractivity contribution in [1.82, 2.24) is 24.0 Å². The fourth-order valence-corrected chi connectivity index (χ4v) is 7.49. The molecule has 4 heterocycles. The average molecular weight is 446 g/mol. The zero-order chi connectivity index (χ0) is 20.8. The van der Waals surface area contributed by atoms with E-state index in [9.17, 15) is 8.42 Å². The third-order valence-electron chi connectivity index (χ3n) is 6.62. The molecule has 2 aliphatic heterocycles. The second kappa shape index (κ2) is 7.71. The molecule has 30 heavy (non-hydrogen) atoms. The van der Waals surface area contributed by atoms with Crippen LogP contribution in [0.4, 0.5) is 0 Å². The van der Waals surface area contributed by atoms with Crippen LogP contribution >= 0.6 is 11.3 Å². The molecule has 1 spiro atoms. The number of thiazole rings is 1. The highest BCUT2D eigenvalue weighted by Crippen LogP contribution is 2.40. The Balaban J connectivity index is 1.36. The molecule has 3 aromatic rings. The second-order valence-electron chi connectivity index (χ2n) is 8.68. The van der Waals surface area contributed by atoms with Crippen molar-refractivity contribution in [1.29, 1.82) is 0 Å². The van der Waals surface area contributed by atoms with Gasteiger partial charge in [-0.25, -0.2) is 13.4 Å². The second-order valence-corrected chi connectivity index (χ2v) is 11.5. The summed E-state index contributed by atoms with van der Waals surface area (Å²) in [6.45, 7) is 4.08. The number of sulfonamides is 1. The molecule has 5 rings (SSSR count). The minimum absolute atomic E-state index is 0.0384. The zero-order valence-corrected chi connectivity index (χ0v) is 18.8. The number of aryl methyl sites for hydroxylation is 1. The van der Waals surface area contributed by atoms with Gasteiger partial charge in [0.05, 0.1) is 26.3 Å². The van der Waals surface area contributed by atoms with Crippen molar-refractivity contribution in [2.24, 2.45) is 12.5 Å². The first-order valence-electron chi connectivity index (χ1n) is 10.5. The summed E-state index contributed by atoms with van der Waals surface area (Å²) in [4.78, 5) is 7.13. The molecule has 0 bridgehead atoms. The van der Waals surface area contributed by atoms with Gasteiger partial charge in [0.25, 0.3) is 0 Å². The van der Waals surface area contributed by atoms with Gasteiger partial charge in [-0.15, -0.1) is 11.3 Å². The summed E-state index contributed by atoms with van der Waals surface area (Å²) in [5.41, 5.74) is 3.85. The predicted molar refractivity (Wildman–Crippen MR) is 118 cm³/mol. The summed E-state index contributed by atoms with van der Waals surface area (Å²) in [5.74, 6) is 0. The summed E-state index contributed by atoms with van der Waals surface area (Å²) >= 11 is 1.48. The van der Waals surface area contributed by atoms with E-state index in [0.29, 0.717) is 18.0 Å². The number of rotatable bonds is 4. The van der Waals surface area contributed by atoms with Crippen LogP contribution in [0, 0.1) is 5.41 Å². The van der Waals surface area contributed by atoms with E-state index in [1.165, 1.54) is 17.0 Å². The summed E-state index contributed by atoms with van der Waals surface area (Å²) in [6.07, 6.45) is 6.05. The van der Waals surface area contributed by atoms with E-state index in [0.717, 1.165) is 55.5 Å². The molecule has 2 aliphatic rings. The van der Waals surface area contributed by atoms with Gasteiger partial charge in [0, 0.05) is 39.4 Å². The van der Waals surface area contributed by atoms with Gasteiger partial charge < -0.3 is 0 Å². The zero-order valence-electron chi connectivity index (χ0n) is 17.2. The molecule has 0 N–H and O–H groups in total. The van der Waals surface area contributed by atoms with Crippen LogP contribution in [-0.2, 0) is 23.6 Å². The molecule has 0 radical (unpaired) electrons. The fraction of sp³-hybridized carbons (Fsp3) is 0.524. The highest BCUT2D eigenvalue weighted by Gasteiger charge is 2.42. The minimum Gasteiger partial charge on any atom is -0.297 e. The maximum absolute atomic E-state index is 13.4. The first-order valence-corrected chi connectivity index (χ1v) is 12.8. The maximum atomic E-state index is 13.4. The summed E-state index contributed by atoms with van der Waals surface area (Å²) in [7, 11) is -1.53. The van der Waals surface area contributed by atoms with Gasteiger partial charge >= 0.3 is 0 Å². The Labute approximate surface area is 181 Å². The molecule has 160 valence electrons. The van der Waals surface area contributed by atoms with Gasteiger partial charge in [-0.2, -0.15) is 9.40 Å². The van der Waals surface area contributed by atoms with Crippen molar-refractivity contribution < 1.29 is 8.42 Å². The Bertz CT molecular complexity index is 1150. The topological polar surface area (TPSA) is 71.3 Å². The lowest BCUT2D eigenvalue weighted by Gasteiger charge is -2.48. The Morgan fingerprint density at radius 2 is 1.97 bits per heavy atom. The van der Waals surface area contributed by atoms with Crippen LogP contribution in [0.25, 0.3) is 10.2 Å². The van der Waals surface area contributed by atoms with Crippen molar-refractivity contribution in [2.75, 3.05) is 26.2 Å². The largest absolute Gasteiger partial charge is 0.297 e. The average Bonchev–Trinajstić information content (AvgIpc) is 3.36. The standard InChI is InChI=1S/C21H27N5O2S2/c1-24-17(6-9-23-24)13-25-10-2-7-21(14-25)8-3-11-26(15-21)30(27,28)18-4-5-19-20(12-18)29-16-22-19/h4-6,9,12,16H,2-3,7-8,10-11,13-15H2,1H3. The lowest BCUT2D eigenvalue weighted by Crippen LogP contribution is -2.53. The van der Waals surface area contributed by atoms with Crippen LogP contribution in [0.15, 0.2) is 40.9 Å². The van der Waals surface area contributed by atoms with Crippen molar-refractivity contribution in [3.05, 3.63) is 41.7 Å². The van der Waals surface area contributed by atoms with E-state index in [-0.39, 0.29) is 5.41 Å². The number of benzene rings is 1. The quantitative estimate of drug-likeness (QED) is 0.617. The van der Waals surface area contributed by atoms with Gasteiger partial charge in [0.15, 0.2) is 0 Å². The number of fused-ring (bicyclic) bond motifs is 1. The SMILES string of the molecule is Cn1nccc1CN1CCCC2(CCCN(S(=O)(=O)c3ccc4ncsc4c3)C2)C1. The Kier molecular flexibility index (Phi) is 5.17. The molecule has 7 nitrogen and oxygen atoms in total. The van der Waals surface area contributed by atoms with E-state index in [4.69, 9.17) is 0 Å². The van der Waals surface area contributed by atoms with Crippen LogP contribution in [0.3, 0.4) is 0 Å². The van der Waals surface area contributed by atoms with E-state index in [2.05, 4.69) is 21.0 Å². The number of likely N-dealkylation sites (tertiary alicyclic amines) is 1. The van der Waals surface area contributed by atoms with E-state index in [1.807, 2.05) is 24.0 Å². The molecule has 2 saturated heterocycles. The van der Waals surface area contributed by atoms with Crippen molar-refractivity contribution in [3.63, 3.8) is 0 Å².